The molecule has 6 aliphatic rings. The van der Waals surface area contributed by atoms with E-state index in [9.17, 15) is 0 Å². The Labute approximate surface area is 327 Å². The largest absolute Gasteiger partial charge is 0.370 e. The quantitative estimate of drug-likeness (QED) is 0.179. The number of nitrogens with zero attached hydrogens (tertiary/aromatic N) is 1. The van der Waals surface area contributed by atoms with Crippen molar-refractivity contribution in [2.75, 3.05) is 0 Å². The Morgan fingerprint density at radius 1 is 1.09 bits per heavy atom. The number of fused-ring (bicyclic) bond motifs is 2. The van der Waals surface area contributed by atoms with Crippen molar-refractivity contribution < 1.29 is 0 Å². The zero-order valence-corrected chi connectivity index (χ0v) is 34.0. The van der Waals surface area contributed by atoms with Gasteiger partial charge in [-0.2, -0.15) is 0 Å². The Kier molecular flexibility index (Phi) is 11.8. The van der Waals surface area contributed by atoms with Crippen molar-refractivity contribution in [3.8, 4) is 0 Å². The first-order valence-electron chi connectivity index (χ1n) is 21.2. The predicted octanol–water partition coefficient (Wildman–Crippen LogP) is 13.4. The SMILES string of the molecule is C=C/C=C\C(C)C(C)C1=NC(/C(=C/C(=C\C)c2cccc(C3=CC=CC(C4C=C5C(=CC4)C(C)(C)C4=C5C=CCC4)C3)c2)CC)CC(C2CC=CCC2)N1. The van der Waals surface area contributed by atoms with E-state index < -0.39 is 0 Å². The Bertz CT molecular complexity index is 1940. The van der Waals surface area contributed by atoms with E-state index in [1.165, 1.54) is 70.5 Å². The van der Waals surface area contributed by atoms with Crippen molar-refractivity contribution in [3.05, 3.63) is 155 Å². The van der Waals surface area contributed by atoms with Crippen LogP contribution in [0.2, 0.25) is 0 Å². The summed E-state index contributed by atoms with van der Waals surface area (Å²) in [6, 6.07) is 9.94. The van der Waals surface area contributed by atoms with Gasteiger partial charge in [0.1, 0.15) is 5.84 Å². The Morgan fingerprint density at radius 3 is 2.74 bits per heavy atom. The summed E-state index contributed by atoms with van der Waals surface area (Å²) in [5.41, 5.74) is 13.2. The molecule has 1 aromatic rings. The van der Waals surface area contributed by atoms with Gasteiger partial charge in [0.15, 0.2) is 0 Å². The molecule has 0 spiro atoms. The second-order valence-corrected chi connectivity index (χ2v) is 17.2. The van der Waals surface area contributed by atoms with Gasteiger partial charge < -0.3 is 5.32 Å². The van der Waals surface area contributed by atoms with Crippen LogP contribution < -0.4 is 5.32 Å². The van der Waals surface area contributed by atoms with Crippen LogP contribution in [0.4, 0.5) is 0 Å². The summed E-state index contributed by atoms with van der Waals surface area (Å²) in [7, 11) is 0. The molecule has 2 nitrogen and oxygen atoms in total. The van der Waals surface area contributed by atoms with Crippen molar-refractivity contribution in [2.45, 2.75) is 111 Å². The van der Waals surface area contributed by atoms with Gasteiger partial charge in [-0.05, 0) is 139 Å². The lowest BCUT2D eigenvalue weighted by molar-refractivity contribution is 0.316. The second-order valence-electron chi connectivity index (χ2n) is 17.2. The van der Waals surface area contributed by atoms with Crippen molar-refractivity contribution in [1.29, 1.82) is 0 Å². The molecular weight excluding hydrogens is 653 g/mol. The molecule has 0 aromatic heterocycles. The summed E-state index contributed by atoms with van der Waals surface area (Å²) in [5, 5.41) is 3.98. The van der Waals surface area contributed by atoms with Gasteiger partial charge in [-0.1, -0.05) is 150 Å². The fourth-order valence-corrected chi connectivity index (χ4v) is 10.1. The number of nitrogens with one attached hydrogen (secondary N) is 1. The van der Waals surface area contributed by atoms with Crippen LogP contribution in [0.3, 0.4) is 0 Å². The van der Waals surface area contributed by atoms with E-state index in [1.54, 1.807) is 11.1 Å². The first-order chi connectivity index (χ1) is 26.2. The Balaban J connectivity index is 1.11. The minimum absolute atomic E-state index is 0.165. The van der Waals surface area contributed by atoms with Crippen molar-refractivity contribution in [2.24, 2.45) is 40.0 Å². The molecule has 1 N–H and O–H groups in total. The second kappa shape index (κ2) is 16.7. The van der Waals surface area contributed by atoms with Crippen LogP contribution in [0.15, 0.2) is 149 Å². The van der Waals surface area contributed by atoms with E-state index in [1.807, 2.05) is 6.08 Å². The van der Waals surface area contributed by atoms with Crippen LogP contribution in [0.25, 0.3) is 11.1 Å². The molecule has 54 heavy (non-hydrogen) atoms. The van der Waals surface area contributed by atoms with Crippen molar-refractivity contribution in [3.63, 3.8) is 0 Å². The number of hydrogen-bond donors (Lipinski definition) is 1. The molecule has 0 saturated heterocycles. The van der Waals surface area contributed by atoms with E-state index in [2.05, 4.69) is 157 Å². The topological polar surface area (TPSA) is 24.4 Å². The molecule has 7 atom stereocenters. The van der Waals surface area contributed by atoms with Gasteiger partial charge in [0.2, 0.25) is 0 Å². The van der Waals surface area contributed by atoms with Gasteiger partial charge >= 0.3 is 0 Å². The maximum Gasteiger partial charge on any atom is 0.101 e. The first-order valence-corrected chi connectivity index (χ1v) is 21.2. The number of amidine groups is 1. The van der Waals surface area contributed by atoms with Gasteiger partial charge in [0, 0.05) is 17.4 Å². The molecule has 2 heteroatoms. The number of aliphatic imine (C=N–C) groups is 1. The minimum atomic E-state index is 0.165. The number of hydrogen-bond acceptors (Lipinski definition) is 2. The first kappa shape index (κ1) is 38.1. The highest BCUT2D eigenvalue weighted by atomic mass is 15.1. The van der Waals surface area contributed by atoms with Gasteiger partial charge in [-0.25, -0.2) is 0 Å². The van der Waals surface area contributed by atoms with E-state index in [0.29, 0.717) is 35.6 Å². The summed E-state index contributed by atoms with van der Waals surface area (Å²) in [5.74, 6) is 3.55. The molecule has 0 bridgehead atoms. The molecule has 5 aliphatic carbocycles. The summed E-state index contributed by atoms with van der Waals surface area (Å²) in [6.07, 6.45) is 43.1. The predicted molar refractivity (Wildman–Crippen MR) is 234 cm³/mol. The van der Waals surface area contributed by atoms with Gasteiger partial charge in [0.05, 0.1) is 6.04 Å². The highest BCUT2D eigenvalue weighted by Crippen LogP contribution is 2.56. The number of allylic oxidation sites excluding steroid dienone is 20. The van der Waals surface area contributed by atoms with Crippen LogP contribution in [0.1, 0.15) is 110 Å². The molecule has 282 valence electrons. The molecule has 7 rings (SSSR count). The summed E-state index contributed by atoms with van der Waals surface area (Å²) >= 11 is 0. The average Bonchev–Trinajstić information content (AvgIpc) is 3.45. The monoisotopic (exact) mass is 717 g/mol. The zero-order valence-electron chi connectivity index (χ0n) is 34.0. The van der Waals surface area contributed by atoms with Crippen LogP contribution >= 0.6 is 0 Å². The fraction of sp³-hybridized carbons (Fsp3) is 0.442. The molecule has 0 fully saturated rings. The van der Waals surface area contributed by atoms with Crippen molar-refractivity contribution in [1.82, 2.24) is 5.32 Å². The molecule has 0 amide bonds. The standard InChI is InChI=1S/C52H64N2/c1-8-11-19-35(4)36(5)51-53-49(34-50(54-51)39-20-13-12-14-21-39)38(10-3)30-37(9-2)40-22-17-23-41(31-40)42-24-18-25-43(32-42)44-28-29-48-46(33-44)45-26-15-16-27-47(45)52(48,6)7/h8-9,11-13,15,17-19,22-26,29-31,33,35-36,39,43-44,49-50H,1,10,14,16,20-21,27-28,32,34H2,2-7H3,(H,53,54)/b19-11-,37-9+,38-30+. The minimum Gasteiger partial charge on any atom is -0.370 e. The van der Waals surface area contributed by atoms with Crippen LogP contribution in [0.5, 0.6) is 0 Å². The third-order valence-electron chi connectivity index (χ3n) is 13.6. The lowest BCUT2D eigenvalue weighted by Crippen LogP contribution is -2.49. The lowest BCUT2D eigenvalue weighted by Gasteiger charge is -2.38. The fourth-order valence-electron chi connectivity index (χ4n) is 10.1. The molecule has 1 aromatic carbocycles. The zero-order chi connectivity index (χ0) is 37.8. The van der Waals surface area contributed by atoms with E-state index in [-0.39, 0.29) is 11.5 Å². The van der Waals surface area contributed by atoms with Gasteiger partial charge in [0.25, 0.3) is 0 Å². The summed E-state index contributed by atoms with van der Waals surface area (Å²) in [6.45, 7) is 17.9. The van der Waals surface area contributed by atoms with Gasteiger partial charge in [-0.15, -0.1) is 0 Å². The normalized spacial score (nSPS) is 29.1. The smallest absolute Gasteiger partial charge is 0.101 e. The average molecular weight is 717 g/mol. The summed E-state index contributed by atoms with van der Waals surface area (Å²) in [4.78, 5) is 5.50. The van der Waals surface area contributed by atoms with Crippen molar-refractivity contribution >= 4 is 17.0 Å². The molecule has 1 aliphatic heterocycles. The third kappa shape index (κ3) is 7.82. The molecular formula is C52H64N2. The highest BCUT2D eigenvalue weighted by molar-refractivity contribution is 5.86. The van der Waals surface area contributed by atoms with E-state index in [4.69, 9.17) is 4.99 Å². The molecule has 1 heterocycles. The Morgan fingerprint density at radius 2 is 1.96 bits per heavy atom. The number of rotatable bonds is 11. The number of benzene rings is 1. The van der Waals surface area contributed by atoms with E-state index in [0.717, 1.165) is 32.1 Å². The maximum atomic E-state index is 5.50. The molecule has 0 radical (unpaired) electrons. The molecule has 0 saturated carbocycles. The third-order valence-corrected chi connectivity index (χ3v) is 13.6. The summed E-state index contributed by atoms with van der Waals surface area (Å²) < 4.78 is 0. The van der Waals surface area contributed by atoms with Crippen LogP contribution in [-0.2, 0) is 0 Å². The van der Waals surface area contributed by atoms with Crippen LogP contribution in [0, 0.1) is 35.0 Å². The molecule has 7 unspecified atom stereocenters. The lowest BCUT2D eigenvalue weighted by atomic mass is 9.73. The Hall–Kier alpha value is -4.17. The highest BCUT2D eigenvalue weighted by Gasteiger charge is 2.42. The van der Waals surface area contributed by atoms with E-state index >= 15 is 0 Å². The van der Waals surface area contributed by atoms with Crippen LogP contribution in [-0.4, -0.2) is 17.9 Å². The van der Waals surface area contributed by atoms with Gasteiger partial charge in [-0.3, -0.25) is 4.99 Å². The maximum absolute atomic E-state index is 5.50.